The van der Waals surface area contributed by atoms with E-state index in [0.717, 1.165) is 32.5 Å². The summed E-state index contributed by atoms with van der Waals surface area (Å²) < 4.78 is 15.9. The molecule has 1 amide bonds. The molecule has 0 radical (unpaired) electrons. The lowest BCUT2D eigenvalue weighted by atomic mass is 9.96. The van der Waals surface area contributed by atoms with Gasteiger partial charge in [-0.1, -0.05) is 0 Å². The molecule has 1 fully saturated rings. The summed E-state index contributed by atoms with van der Waals surface area (Å²) in [4.78, 5) is 14.7. The van der Waals surface area contributed by atoms with E-state index in [4.69, 9.17) is 14.2 Å². The minimum atomic E-state index is 0. The van der Waals surface area contributed by atoms with Crippen molar-refractivity contribution >= 4 is 18.3 Å². The predicted octanol–water partition coefficient (Wildman–Crippen LogP) is 2.21. The molecule has 0 aromatic heterocycles. The van der Waals surface area contributed by atoms with Crippen LogP contribution in [0, 0.1) is 5.92 Å². The number of halogens is 1. The number of hydrogen-bond donors (Lipinski definition) is 1. The fraction of sp³-hybridized carbons (Fsp3) is 0.588. The van der Waals surface area contributed by atoms with Crippen LogP contribution in [-0.2, 0) is 0 Å². The molecule has 0 saturated carbocycles. The van der Waals surface area contributed by atoms with Gasteiger partial charge < -0.3 is 24.4 Å². The third-order valence-electron chi connectivity index (χ3n) is 4.31. The average molecular weight is 359 g/mol. The Bertz CT molecular complexity index is 520. The van der Waals surface area contributed by atoms with Gasteiger partial charge in [0.1, 0.15) is 0 Å². The van der Waals surface area contributed by atoms with Crippen LogP contribution in [0.4, 0.5) is 0 Å². The topological polar surface area (TPSA) is 60.0 Å². The van der Waals surface area contributed by atoms with Crippen LogP contribution in [0.2, 0.25) is 0 Å². The molecule has 1 aliphatic heterocycles. The number of nitrogens with one attached hydrogen (secondary N) is 1. The Labute approximate surface area is 149 Å². The Morgan fingerprint density at radius 3 is 2.08 bits per heavy atom. The summed E-state index contributed by atoms with van der Waals surface area (Å²) >= 11 is 0. The maximum Gasteiger partial charge on any atom is 0.254 e. The van der Waals surface area contributed by atoms with E-state index in [9.17, 15) is 4.79 Å². The van der Waals surface area contributed by atoms with Crippen molar-refractivity contribution in [3.05, 3.63) is 17.7 Å². The Balaban J connectivity index is 0.00000288. The summed E-state index contributed by atoms with van der Waals surface area (Å²) in [6.07, 6.45) is 2.05. The van der Waals surface area contributed by atoms with Gasteiger partial charge >= 0.3 is 0 Å². The summed E-state index contributed by atoms with van der Waals surface area (Å²) in [5.74, 6) is 2.15. The number of nitrogens with zero attached hydrogens (tertiary/aromatic N) is 1. The highest BCUT2D eigenvalue weighted by molar-refractivity contribution is 5.95. The second-order valence-electron chi connectivity index (χ2n) is 5.71. The molecule has 136 valence electrons. The van der Waals surface area contributed by atoms with Crippen LogP contribution < -0.4 is 19.5 Å². The van der Waals surface area contributed by atoms with Crippen molar-refractivity contribution in [3.8, 4) is 17.2 Å². The molecule has 0 aliphatic carbocycles. The third-order valence-corrected chi connectivity index (χ3v) is 4.31. The number of likely N-dealkylation sites (tertiary alicyclic amines) is 1. The highest BCUT2D eigenvalue weighted by Gasteiger charge is 2.25. The molecule has 0 spiro atoms. The van der Waals surface area contributed by atoms with Gasteiger partial charge in [0.25, 0.3) is 5.91 Å². The zero-order chi connectivity index (χ0) is 16.8. The van der Waals surface area contributed by atoms with Crippen molar-refractivity contribution in [2.75, 3.05) is 48.0 Å². The molecule has 1 saturated heterocycles. The second kappa shape index (κ2) is 9.59. The van der Waals surface area contributed by atoms with Crippen LogP contribution in [0.1, 0.15) is 23.2 Å². The van der Waals surface area contributed by atoms with Gasteiger partial charge in [0.15, 0.2) is 11.5 Å². The Morgan fingerprint density at radius 1 is 1.12 bits per heavy atom. The number of carbonyl (C=O) groups excluding carboxylic acids is 1. The third kappa shape index (κ3) is 4.45. The SMILES string of the molecule is CNCC1CCN(C(=O)c2cc(OC)c(OC)c(OC)c2)CC1.Cl. The van der Waals surface area contributed by atoms with Crippen LogP contribution in [0.5, 0.6) is 17.2 Å². The van der Waals surface area contributed by atoms with E-state index in [0.29, 0.717) is 28.7 Å². The lowest BCUT2D eigenvalue weighted by Gasteiger charge is -2.32. The van der Waals surface area contributed by atoms with Crippen molar-refractivity contribution in [1.82, 2.24) is 10.2 Å². The molecular formula is C17H27ClN2O4. The predicted molar refractivity (Wildman–Crippen MR) is 95.9 cm³/mol. The first kappa shape index (κ1) is 20.4. The molecule has 6 nitrogen and oxygen atoms in total. The molecule has 0 unspecified atom stereocenters. The second-order valence-corrected chi connectivity index (χ2v) is 5.71. The van der Waals surface area contributed by atoms with Crippen molar-refractivity contribution in [2.24, 2.45) is 5.92 Å². The maximum atomic E-state index is 12.8. The van der Waals surface area contributed by atoms with Gasteiger partial charge in [-0.05, 0) is 44.5 Å². The smallest absolute Gasteiger partial charge is 0.254 e. The Kier molecular flexibility index (Phi) is 8.15. The summed E-state index contributed by atoms with van der Waals surface area (Å²) in [7, 11) is 6.62. The zero-order valence-corrected chi connectivity index (χ0v) is 15.6. The normalized spacial score (nSPS) is 14.8. The molecular weight excluding hydrogens is 332 g/mol. The lowest BCUT2D eigenvalue weighted by Crippen LogP contribution is -2.40. The van der Waals surface area contributed by atoms with Gasteiger partial charge in [-0.2, -0.15) is 0 Å². The lowest BCUT2D eigenvalue weighted by molar-refractivity contribution is 0.0690. The average Bonchev–Trinajstić information content (AvgIpc) is 2.60. The molecule has 7 heteroatoms. The van der Waals surface area contributed by atoms with Gasteiger partial charge in [0.05, 0.1) is 21.3 Å². The minimum Gasteiger partial charge on any atom is -0.493 e. The molecule has 24 heavy (non-hydrogen) atoms. The number of hydrogen-bond acceptors (Lipinski definition) is 5. The van der Waals surface area contributed by atoms with Crippen LogP contribution in [-0.4, -0.2) is 58.8 Å². The minimum absolute atomic E-state index is 0. The van der Waals surface area contributed by atoms with Crippen molar-refractivity contribution < 1.29 is 19.0 Å². The van der Waals surface area contributed by atoms with E-state index < -0.39 is 0 Å². The number of methoxy groups -OCH3 is 3. The molecule has 1 heterocycles. The van der Waals surface area contributed by atoms with E-state index in [-0.39, 0.29) is 18.3 Å². The molecule has 1 aromatic carbocycles. The van der Waals surface area contributed by atoms with Crippen molar-refractivity contribution in [2.45, 2.75) is 12.8 Å². The number of amides is 1. The van der Waals surface area contributed by atoms with E-state index in [1.165, 1.54) is 0 Å². The van der Waals surface area contributed by atoms with Crippen LogP contribution in [0.15, 0.2) is 12.1 Å². The van der Waals surface area contributed by atoms with Gasteiger partial charge in [-0.25, -0.2) is 0 Å². The number of carbonyl (C=O) groups is 1. The molecule has 1 aliphatic rings. The largest absolute Gasteiger partial charge is 0.493 e. The Morgan fingerprint density at radius 2 is 1.67 bits per heavy atom. The van der Waals surface area contributed by atoms with Crippen molar-refractivity contribution in [3.63, 3.8) is 0 Å². The van der Waals surface area contributed by atoms with E-state index in [1.807, 2.05) is 11.9 Å². The van der Waals surface area contributed by atoms with Crippen molar-refractivity contribution in [1.29, 1.82) is 0 Å². The van der Waals surface area contributed by atoms with Gasteiger partial charge in [0.2, 0.25) is 5.75 Å². The standard InChI is InChI=1S/C17H26N2O4.ClH/c1-18-11-12-5-7-19(8-6-12)17(20)13-9-14(21-2)16(23-4)15(10-13)22-3;/h9-10,12,18H,5-8,11H2,1-4H3;1H. The fourth-order valence-electron chi connectivity index (χ4n) is 3.02. The van der Waals surface area contributed by atoms with Crippen LogP contribution in [0.25, 0.3) is 0 Å². The Hall–Kier alpha value is -1.66. The first-order valence-corrected chi connectivity index (χ1v) is 7.88. The number of ether oxygens (including phenoxy) is 3. The first-order valence-electron chi connectivity index (χ1n) is 7.88. The monoisotopic (exact) mass is 358 g/mol. The van der Waals surface area contributed by atoms with Crippen LogP contribution >= 0.6 is 12.4 Å². The molecule has 0 bridgehead atoms. The summed E-state index contributed by atoms with van der Waals surface area (Å²) in [6, 6.07) is 3.42. The summed E-state index contributed by atoms with van der Waals surface area (Å²) in [6.45, 7) is 2.57. The molecule has 1 aromatic rings. The molecule has 0 atom stereocenters. The van der Waals surface area contributed by atoms with Gasteiger partial charge in [-0.3, -0.25) is 4.79 Å². The highest BCUT2D eigenvalue weighted by atomic mass is 35.5. The maximum absolute atomic E-state index is 12.8. The van der Waals surface area contributed by atoms with E-state index in [1.54, 1.807) is 33.5 Å². The van der Waals surface area contributed by atoms with Gasteiger partial charge in [-0.15, -0.1) is 12.4 Å². The zero-order valence-electron chi connectivity index (χ0n) is 14.8. The molecule has 1 N–H and O–H groups in total. The molecule has 2 rings (SSSR count). The van der Waals surface area contributed by atoms with Crippen LogP contribution in [0.3, 0.4) is 0 Å². The van der Waals surface area contributed by atoms with E-state index in [2.05, 4.69) is 5.32 Å². The number of rotatable bonds is 6. The summed E-state index contributed by atoms with van der Waals surface area (Å²) in [5, 5.41) is 3.21. The first-order chi connectivity index (χ1) is 11.1. The highest BCUT2D eigenvalue weighted by Crippen LogP contribution is 2.38. The van der Waals surface area contributed by atoms with Gasteiger partial charge in [0, 0.05) is 18.7 Å². The number of piperidine rings is 1. The fourth-order valence-corrected chi connectivity index (χ4v) is 3.02. The number of benzene rings is 1. The quantitative estimate of drug-likeness (QED) is 0.844. The summed E-state index contributed by atoms with van der Waals surface area (Å²) in [5.41, 5.74) is 0.562. The van der Waals surface area contributed by atoms with E-state index >= 15 is 0 Å².